The smallest absolute Gasteiger partial charge is 0.414 e. The molecule has 1 saturated heterocycles. The normalized spacial score (nSPS) is 19.4. The molecule has 10 heteroatoms. The SMILES string of the molecule is O=C(O)C(=O)O.O[C@H]1CCCN[C@@H]1CCCn1cnc2c(Cl)c(Cl)ccc21. The average Bonchev–Trinajstić information content (AvgIpc) is 3.04. The van der Waals surface area contributed by atoms with Crippen LogP contribution < -0.4 is 5.32 Å². The van der Waals surface area contributed by atoms with Gasteiger partial charge in [-0.2, -0.15) is 0 Å². The third-order valence-electron chi connectivity index (χ3n) is 4.33. The maximum Gasteiger partial charge on any atom is 0.414 e. The van der Waals surface area contributed by atoms with Gasteiger partial charge in [-0.15, -0.1) is 0 Å². The van der Waals surface area contributed by atoms with Crippen LogP contribution >= 0.6 is 23.2 Å². The van der Waals surface area contributed by atoms with Crippen molar-refractivity contribution < 1.29 is 24.9 Å². The minimum atomic E-state index is -1.82. The number of aliphatic hydroxyl groups excluding tert-OH is 1. The molecule has 148 valence electrons. The van der Waals surface area contributed by atoms with E-state index < -0.39 is 11.9 Å². The van der Waals surface area contributed by atoms with Gasteiger partial charge < -0.3 is 25.2 Å². The number of nitrogens with one attached hydrogen (secondary N) is 1. The molecule has 0 spiro atoms. The summed E-state index contributed by atoms with van der Waals surface area (Å²) in [4.78, 5) is 22.5. The number of halogens is 2. The van der Waals surface area contributed by atoms with Gasteiger partial charge >= 0.3 is 11.9 Å². The van der Waals surface area contributed by atoms with Crippen molar-refractivity contribution in [3.05, 3.63) is 28.5 Å². The van der Waals surface area contributed by atoms with E-state index in [1.165, 1.54) is 0 Å². The second-order valence-electron chi connectivity index (χ2n) is 6.19. The van der Waals surface area contributed by atoms with Crippen LogP contribution in [0, 0.1) is 0 Å². The van der Waals surface area contributed by atoms with Crippen molar-refractivity contribution in [3.8, 4) is 0 Å². The van der Waals surface area contributed by atoms with Crippen molar-refractivity contribution in [3.63, 3.8) is 0 Å². The Bertz CT molecular complexity index is 799. The third-order valence-corrected chi connectivity index (χ3v) is 5.12. The molecule has 3 rings (SSSR count). The molecule has 0 aliphatic carbocycles. The third kappa shape index (κ3) is 5.80. The Labute approximate surface area is 165 Å². The molecule has 8 nitrogen and oxygen atoms in total. The maximum absolute atomic E-state index is 9.95. The molecule has 2 aromatic rings. The van der Waals surface area contributed by atoms with Crippen LogP contribution in [-0.2, 0) is 16.1 Å². The Morgan fingerprint density at radius 3 is 2.59 bits per heavy atom. The molecular formula is C17H21Cl2N3O5. The molecule has 2 atom stereocenters. The molecule has 1 aromatic heterocycles. The summed E-state index contributed by atoms with van der Waals surface area (Å²) in [7, 11) is 0. The first-order valence-corrected chi connectivity index (χ1v) is 9.23. The summed E-state index contributed by atoms with van der Waals surface area (Å²) < 4.78 is 2.09. The number of aryl methyl sites for hydroxylation is 1. The molecule has 0 bridgehead atoms. The Hall–Kier alpha value is -1.87. The number of aliphatic carboxylic acids is 2. The summed E-state index contributed by atoms with van der Waals surface area (Å²) in [5.74, 6) is -3.65. The van der Waals surface area contributed by atoms with Gasteiger partial charge in [0, 0.05) is 12.6 Å². The summed E-state index contributed by atoms with van der Waals surface area (Å²) in [6.07, 6.45) is 5.50. The zero-order valence-electron chi connectivity index (χ0n) is 14.4. The van der Waals surface area contributed by atoms with Gasteiger partial charge in [0.05, 0.1) is 28.0 Å². The molecule has 0 radical (unpaired) electrons. The van der Waals surface area contributed by atoms with Crippen LogP contribution in [0.4, 0.5) is 0 Å². The van der Waals surface area contributed by atoms with Crippen molar-refractivity contribution in [2.45, 2.75) is 44.4 Å². The minimum Gasteiger partial charge on any atom is -0.473 e. The highest BCUT2D eigenvalue weighted by molar-refractivity contribution is 6.44. The number of fused-ring (bicyclic) bond motifs is 1. The monoisotopic (exact) mass is 417 g/mol. The molecular weight excluding hydrogens is 397 g/mol. The van der Waals surface area contributed by atoms with Crippen molar-refractivity contribution in [1.82, 2.24) is 14.9 Å². The molecule has 27 heavy (non-hydrogen) atoms. The average molecular weight is 418 g/mol. The number of carboxylic acid groups (broad SMARTS) is 2. The van der Waals surface area contributed by atoms with Crippen molar-refractivity contribution in [2.24, 2.45) is 0 Å². The highest BCUT2D eigenvalue weighted by Gasteiger charge is 2.21. The van der Waals surface area contributed by atoms with Gasteiger partial charge in [-0.3, -0.25) is 0 Å². The number of piperidine rings is 1. The van der Waals surface area contributed by atoms with Crippen LogP contribution in [0.15, 0.2) is 18.5 Å². The number of aromatic nitrogens is 2. The molecule has 0 amide bonds. The molecule has 0 unspecified atom stereocenters. The fraction of sp³-hybridized carbons (Fsp3) is 0.471. The summed E-state index contributed by atoms with van der Waals surface area (Å²) in [6, 6.07) is 3.97. The van der Waals surface area contributed by atoms with Gasteiger partial charge in [-0.1, -0.05) is 23.2 Å². The first-order valence-electron chi connectivity index (χ1n) is 8.47. The highest BCUT2D eigenvalue weighted by Crippen LogP contribution is 2.29. The largest absolute Gasteiger partial charge is 0.473 e. The fourth-order valence-corrected chi connectivity index (χ4v) is 3.33. The number of carboxylic acids is 2. The molecule has 4 N–H and O–H groups in total. The Balaban J connectivity index is 0.000000380. The summed E-state index contributed by atoms with van der Waals surface area (Å²) >= 11 is 12.2. The number of imidazole rings is 1. The predicted molar refractivity (Wildman–Crippen MR) is 101 cm³/mol. The summed E-state index contributed by atoms with van der Waals surface area (Å²) in [6.45, 7) is 1.86. The molecule has 2 heterocycles. The predicted octanol–water partition coefficient (Wildman–Crippen LogP) is 2.39. The number of hydrogen-bond donors (Lipinski definition) is 4. The van der Waals surface area contributed by atoms with Crippen molar-refractivity contribution in [2.75, 3.05) is 6.54 Å². The zero-order chi connectivity index (χ0) is 20.0. The highest BCUT2D eigenvalue weighted by atomic mass is 35.5. The fourth-order valence-electron chi connectivity index (χ4n) is 2.96. The topological polar surface area (TPSA) is 125 Å². The lowest BCUT2D eigenvalue weighted by molar-refractivity contribution is -0.159. The first kappa shape index (κ1) is 21.4. The lowest BCUT2D eigenvalue weighted by atomic mass is 9.97. The quantitative estimate of drug-likeness (QED) is 0.562. The van der Waals surface area contributed by atoms with Crippen LogP contribution in [0.2, 0.25) is 10.0 Å². The van der Waals surface area contributed by atoms with Crippen LogP contribution in [-0.4, -0.2) is 55.5 Å². The van der Waals surface area contributed by atoms with Crippen LogP contribution in [0.1, 0.15) is 25.7 Å². The van der Waals surface area contributed by atoms with E-state index in [0.29, 0.717) is 10.0 Å². The standard InChI is InChI=1S/C15H19Cl2N3O.C2H2O4/c16-10-5-6-12-15(14(10)17)19-9-20(12)8-2-3-11-13(21)4-1-7-18-11;3-1(4)2(5)6/h5-6,9,11,13,18,21H,1-4,7-8H2;(H,3,4)(H,5,6)/t11-,13+;/m1./s1. The van der Waals surface area contributed by atoms with Gasteiger partial charge in [0.1, 0.15) is 5.52 Å². The number of aliphatic hydroxyl groups is 1. The van der Waals surface area contributed by atoms with Crippen LogP contribution in [0.25, 0.3) is 11.0 Å². The second-order valence-corrected chi connectivity index (χ2v) is 6.97. The second kappa shape index (κ2) is 9.89. The molecule has 1 fully saturated rings. The Morgan fingerprint density at radius 2 is 1.96 bits per heavy atom. The first-order chi connectivity index (χ1) is 12.8. The molecule has 1 aliphatic rings. The van der Waals surface area contributed by atoms with Crippen LogP contribution in [0.3, 0.4) is 0 Å². The summed E-state index contributed by atoms with van der Waals surface area (Å²) in [5, 5.41) is 29.2. The molecule has 0 saturated carbocycles. The van der Waals surface area contributed by atoms with Gasteiger partial charge in [-0.05, 0) is 44.4 Å². The van der Waals surface area contributed by atoms with E-state index in [4.69, 9.17) is 43.0 Å². The van der Waals surface area contributed by atoms with Crippen LogP contribution in [0.5, 0.6) is 0 Å². The van der Waals surface area contributed by atoms with Crippen molar-refractivity contribution in [1.29, 1.82) is 0 Å². The number of carbonyl (C=O) groups is 2. The minimum absolute atomic E-state index is 0.214. The van der Waals surface area contributed by atoms with E-state index >= 15 is 0 Å². The lowest BCUT2D eigenvalue weighted by Crippen LogP contribution is -2.44. The van der Waals surface area contributed by atoms with Gasteiger partial charge in [0.25, 0.3) is 0 Å². The number of rotatable bonds is 4. The number of benzene rings is 1. The maximum atomic E-state index is 9.95. The zero-order valence-corrected chi connectivity index (χ0v) is 15.9. The number of hydrogen-bond acceptors (Lipinski definition) is 5. The molecule has 1 aliphatic heterocycles. The van der Waals surface area contributed by atoms with E-state index in [0.717, 1.165) is 49.8 Å². The molecule has 1 aromatic carbocycles. The lowest BCUT2D eigenvalue weighted by Gasteiger charge is -2.29. The van der Waals surface area contributed by atoms with E-state index in [9.17, 15) is 5.11 Å². The van der Waals surface area contributed by atoms with Gasteiger partial charge in [0.15, 0.2) is 0 Å². The number of nitrogens with zero attached hydrogens (tertiary/aromatic N) is 2. The van der Waals surface area contributed by atoms with Gasteiger partial charge in [-0.25, -0.2) is 14.6 Å². The Kier molecular flexibility index (Phi) is 7.85. The van der Waals surface area contributed by atoms with E-state index in [2.05, 4.69) is 14.9 Å². The van der Waals surface area contributed by atoms with E-state index in [-0.39, 0.29) is 12.1 Å². The van der Waals surface area contributed by atoms with E-state index in [1.54, 1.807) is 12.4 Å². The Morgan fingerprint density at radius 1 is 1.26 bits per heavy atom. The summed E-state index contributed by atoms with van der Waals surface area (Å²) in [5.41, 5.74) is 1.75. The van der Waals surface area contributed by atoms with Crippen molar-refractivity contribution >= 4 is 46.2 Å². The van der Waals surface area contributed by atoms with Gasteiger partial charge in [0.2, 0.25) is 0 Å². The van der Waals surface area contributed by atoms with E-state index in [1.807, 2.05) is 6.07 Å².